The SMILES string of the molecule is COc1ccc(C(CC(=O)OCCCn2cnc3c(N)ncnc32)NC(C)=O)cc1. The number of aryl methyl sites for hydroxylation is 1. The molecule has 3 rings (SSSR count). The second-order valence-corrected chi connectivity index (χ2v) is 6.67. The second-order valence-electron chi connectivity index (χ2n) is 6.67. The molecule has 1 unspecified atom stereocenters. The van der Waals surface area contributed by atoms with Crippen LogP contribution in [-0.2, 0) is 20.9 Å². The Morgan fingerprint density at radius 1 is 1.20 bits per heavy atom. The quantitative estimate of drug-likeness (QED) is 0.400. The summed E-state index contributed by atoms with van der Waals surface area (Å²) in [6.07, 6.45) is 3.63. The van der Waals surface area contributed by atoms with Crippen LogP contribution in [0.25, 0.3) is 11.2 Å². The highest BCUT2D eigenvalue weighted by Crippen LogP contribution is 2.21. The van der Waals surface area contributed by atoms with Crippen LogP contribution in [0.4, 0.5) is 5.82 Å². The monoisotopic (exact) mass is 412 g/mol. The van der Waals surface area contributed by atoms with Crippen LogP contribution in [0.1, 0.15) is 31.4 Å². The summed E-state index contributed by atoms with van der Waals surface area (Å²) in [5, 5.41) is 2.78. The second kappa shape index (κ2) is 9.68. The molecular weight excluding hydrogens is 388 g/mol. The van der Waals surface area contributed by atoms with Crippen LogP contribution in [-0.4, -0.2) is 45.1 Å². The minimum Gasteiger partial charge on any atom is -0.497 e. The van der Waals surface area contributed by atoms with E-state index in [0.29, 0.717) is 35.7 Å². The highest BCUT2D eigenvalue weighted by molar-refractivity contribution is 5.81. The highest BCUT2D eigenvalue weighted by Gasteiger charge is 2.18. The molecule has 1 atom stereocenters. The first kappa shape index (κ1) is 21.0. The lowest BCUT2D eigenvalue weighted by Gasteiger charge is -2.18. The van der Waals surface area contributed by atoms with Gasteiger partial charge in [0, 0.05) is 13.5 Å². The van der Waals surface area contributed by atoms with E-state index in [9.17, 15) is 9.59 Å². The number of carbonyl (C=O) groups is 2. The number of aromatic nitrogens is 4. The fourth-order valence-corrected chi connectivity index (χ4v) is 3.04. The minimum absolute atomic E-state index is 0.0314. The largest absolute Gasteiger partial charge is 0.497 e. The molecule has 10 heteroatoms. The zero-order valence-corrected chi connectivity index (χ0v) is 16.9. The molecule has 10 nitrogen and oxygen atoms in total. The molecule has 0 aliphatic rings. The Kier molecular flexibility index (Phi) is 6.79. The summed E-state index contributed by atoms with van der Waals surface area (Å²) < 4.78 is 12.3. The van der Waals surface area contributed by atoms with Crippen molar-refractivity contribution in [2.75, 3.05) is 19.5 Å². The van der Waals surface area contributed by atoms with Gasteiger partial charge in [-0.15, -0.1) is 0 Å². The number of hydrogen-bond donors (Lipinski definition) is 2. The van der Waals surface area contributed by atoms with Crippen LogP contribution in [0.5, 0.6) is 5.75 Å². The Morgan fingerprint density at radius 3 is 2.67 bits per heavy atom. The summed E-state index contributed by atoms with van der Waals surface area (Å²) in [5.74, 6) is 0.401. The Morgan fingerprint density at radius 2 is 1.97 bits per heavy atom. The topological polar surface area (TPSA) is 134 Å². The first-order valence-corrected chi connectivity index (χ1v) is 9.46. The van der Waals surface area contributed by atoms with Gasteiger partial charge in [0.1, 0.15) is 17.6 Å². The number of methoxy groups -OCH3 is 1. The van der Waals surface area contributed by atoms with Crippen molar-refractivity contribution in [1.29, 1.82) is 0 Å². The number of nitrogens with one attached hydrogen (secondary N) is 1. The summed E-state index contributed by atoms with van der Waals surface area (Å²) >= 11 is 0. The standard InChI is InChI=1S/C20H24N6O4/c1-13(27)25-16(14-4-6-15(29-2)7-5-14)10-17(28)30-9-3-8-26-12-24-18-19(21)22-11-23-20(18)26/h4-7,11-12,16H,3,8-10H2,1-2H3,(H,25,27)(H2,21,22,23). The average molecular weight is 412 g/mol. The van der Waals surface area contributed by atoms with Crippen LogP contribution in [0.2, 0.25) is 0 Å². The molecule has 1 aromatic carbocycles. The normalized spacial score (nSPS) is 11.8. The number of nitrogens with zero attached hydrogens (tertiary/aromatic N) is 4. The van der Waals surface area contributed by atoms with Crippen molar-refractivity contribution < 1.29 is 19.1 Å². The van der Waals surface area contributed by atoms with Crippen molar-refractivity contribution in [3.63, 3.8) is 0 Å². The van der Waals surface area contributed by atoms with Crippen molar-refractivity contribution in [2.45, 2.75) is 32.4 Å². The Balaban J connectivity index is 1.52. The van der Waals surface area contributed by atoms with Crippen LogP contribution in [0.3, 0.4) is 0 Å². The maximum atomic E-state index is 12.3. The smallest absolute Gasteiger partial charge is 0.308 e. The molecule has 0 radical (unpaired) electrons. The highest BCUT2D eigenvalue weighted by atomic mass is 16.5. The van der Waals surface area contributed by atoms with E-state index >= 15 is 0 Å². The van der Waals surface area contributed by atoms with E-state index < -0.39 is 12.0 Å². The van der Waals surface area contributed by atoms with Gasteiger partial charge in [-0.1, -0.05) is 12.1 Å². The first-order valence-electron chi connectivity index (χ1n) is 9.46. The van der Waals surface area contributed by atoms with Crippen molar-refractivity contribution >= 4 is 28.9 Å². The zero-order valence-electron chi connectivity index (χ0n) is 16.9. The molecule has 30 heavy (non-hydrogen) atoms. The molecule has 3 N–H and O–H groups in total. The van der Waals surface area contributed by atoms with E-state index in [2.05, 4.69) is 20.3 Å². The number of fused-ring (bicyclic) bond motifs is 1. The lowest BCUT2D eigenvalue weighted by Crippen LogP contribution is -2.28. The number of imidazole rings is 1. The molecule has 0 spiro atoms. The molecule has 0 aliphatic heterocycles. The van der Waals surface area contributed by atoms with Gasteiger partial charge in [-0.25, -0.2) is 15.0 Å². The lowest BCUT2D eigenvalue weighted by molar-refractivity contribution is -0.144. The molecule has 0 bridgehead atoms. The van der Waals surface area contributed by atoms with Gasteiger partial charge in [0.25, 0.3) is 0 Å². The molecular formula is C20H24N6O4. The Bertz CT molecular complexity index is 1020. The number of esters is 1. The third-order valence-corrected chi connectivity index (χ3v) is 4.50. The third-order valence-electron chi connectivity index (χ3n) is 4.50. The number of carbonyl (C=O) groups excluding carboxylic acids is 2. The molecule has 0 aliphatic carbocycles. The Labute approximate surface area is 173 Å². The fraction of sp³-hybridized carbons (Fsp3) is 0.350. The number of hydrogen-bond acceptors (Lipinski definition) is 8. The van der Waals surface area contributed by atoms with E-state index in [4.69, 9.17) is 15.2 Å². The van der Waals surface area contributed by atoms with Gasteiger partial charge in [0.2, 0.25) is 5.91 Å². The van der Waals surface area contributed by atoms with Gasteiger partial charge in [-0.05, 0) is 24.1 Å². The maximum absolute atomic E-state index is 12.3. The molecule has 0 saturated heterocycles. The summed E-state index contributed by atoms with van der Waals surface area (Å²) in [5.41, 5.74) is 7.76. The molecule has 2 aromatic heterocycles. The summed E-state index contributed by atoms with van der Waals surface area (Å²) in [4.78, 5) is 36.1. The molecule has 2 heterocycles. The van der Waals surface area contributed by atoms with E-state index in [0.717, 1.165) is 5.56 Å². The van der Waals surface area contributed by atoms with Crippen LogP contribution < -0.4 is 15.8 Å². The van der Waals surface area contributed by atoms with Gasteiger partial charge in [-0.2, -0.15) is 0 Å². The van der Waals surface area contributed by atoms with Gasteiger partial charge in [-0.3, -0.25) is 9.59 Å². The van der Waals surface area contributed by atoms with Gasteiger partial charge in [0.05, 0.1) is 32.5 Å². The van der Waals surface area contributed by atoms with Crippen molar-refractivity contribution in [3.8, 4) is 5.75 Å². The molecule has 158 valence electrons. The summed E-state index contributed by atoms with van der Waals surface area (Å²) in [6.45, 7) is 2.20. The lowest BCUT2D eigenvalue weighted by atomic mass is 10.0. The number of anilines is 1. The van der Waals surface area contributed by atoms with Crippen molar-refractivity contribution in [2.24, 2.45) is 0 Å². The van der Waals surface area contributed by atoms with Crippen molar-refractivity contribution in [3.05, 3.63) is 42.5 Å². The van der Waals surface area contributed by atoms with Gasteiger partial charge >= 0.3 is 5.97 Å². The number of nitrogen functional groups attached to an aromatic ring is 1. The maximum Gasteiger partial charge on any atom is 0.308 e. The Hall–Kier alpha value is -3.69. The van der Waals surface area contributed by atoms with Gasteiger partial charge in [0.15, 0.2) is 11.5 Å². The van der Waals surface area contributed by atoms with Gasteiger partial charge < -0.3 is 25.1 Å². The summed E-state index contributed by atoms with van der Waals surface area (Å²) in [6, 6.07) is 6.70. The average Bonchev–Trinajstić information content (AvgIpc) is 3.15. The predicted octanol–water partition coefficient (Wildman–Crippen LogP) is 1.62. The molecule has 0 saturated carbocycles. The molecule has 0 fully saturated rings. The molecule has 1 amide bonds. The summed E-state index contributed by atoms with van der Waals surface area (Å²) in [7, 11) is 1.58. The van der Waals surface area contributed by atoms with Crippen LogP contribution in [0, 0.1) is 0 Å². The number of rotatable bonds is 9. The molecule has 3 aromatic rings. The minimum atomic E-state index is -0.474. The van der Waals surface area contributed by atoms with E-state index in [1.807, 2.05) is 16.7 Å². The van der Waals surface area contributed by atoms with E-state index in [1.165, 1.54) is 13.3 Å². The number of benzene rings is 1. The van der Waals surface area contributed by atoms with Crippen molar-refractivity contribution in [1.82, 2.24) is 24.8 Å². The number of nitrogens with two attached hydrogens (primary N) is 1. The van der Waals surface area contributed by atoms with Crippen LogP contribution in [0.15, 0.2) is 36.9 Å². The zero-order chi connectivity index (χ0) is 21.5. The van der Waals surface area contributed by atoms with E-state index in [1.54, 1.807) is 25.6 Å². The first-order chi connectivity index (χ1) is 14.5. The number of amides is 1. The number of ether oxygens (including phenoxy) is 2. The predicted molar refractivity (Wildman–Crippen MR) is 109 cm³/mol. The third kappa shape index (κ3) is 5.22. The van der Waals surface area contributed by atoms with Crippen LogP contribution >= 0.6 is 0 Å². The van der Waals surface area contributed by atoms with E-state index in [-0.39, 0.29) is 18.9 Å². The fourth-order valence-electron chi connectivity index (χ4n) is 3.04.